The molecule has 5 heteroatoms. The van der Waals surface area contributed by atoms with Gasteiger partial charge in [-0.05, 0) is 82.8 Å². The van der Waals surface area contributed by atoms with Gasteiger partial charge in [-0.1, -0.05) is 133 Å². The molecule has 0 fully saturated rings. The van der Waals surface area contributed by atoms with E-state index in [1.54, 1.807) is 18.2 Å². The highest BCUT2D eigenvalue weighted by atomic mass is 16.3. The second-order valence-corrected chi connectivity index (χ2v) is 12.8. The first-order chi connectivity index (χ1) is 34.4. The summed E-state index contributed by atoms with van der Waals surface area (Å²) in [5, 5.41) is 1.05. The predicted molar refractivity (Wildman–Crippen MR) is 229 cm³/mol. The Morgan fingerprint density at radius 2 is 1.02 bits per heavy atom. The molecule has 11 aromatic rings. The quantitative estimate of drug-likeness (QED) is 0.171. The maximum atomic E-state index is 9.93. The Morgan fingerprint density at radius 3 is 1.86 bits per heavy atom. The van der Waals surface area contributed by atoms with Crippen LogP contribution in [0.15, 0.2) is 198 Å². The van der Waals surface area contributed by atoms with Crippen LogP contribution in [-0.4, -0.2) is 19.5 Å². The first-order valence-electron chi connectivity index (χ1n) is 25.5. The number of nitrogens with zero attached hydrogens (tertiary/aromatic N) is 4. The fraction of sp³-hybridized carbons (Fsp3) is 0. The molecule has 0 bridgehead atoms. The van der Waals surface area contributed by atoms with Gasteiger partial charge in [0.2, 0.25) is 0 Å². The molecule has 11 rings (SSSR count). The Bertz CT molecular complexity index is 4140. The van der Waals surface area contributed by atoms with Gasteiger partial charge in [-0.2, -0.15) is 0 Å². The molecule has 0 amide bonds. The highest BCUT2D eigenvalue weighted by Crippen LogP contribution is 2.37. The molecular weight excluding hydrogens is 685 g/mol. The molecule has 0 saturated heterocycles. The molecule has 0 N–H and O–H groups in total. The largest absolute Gasteiger partial charge is 0.456 e. The van der Waals surface area contributed by atoms with E-state index in [0.717, 1.165) is 26.5 Å². The minimum atomic E-state index is -0.878. The van der Waals surface area contributed by atoms with Gasteiger partial charge >= 0.3 is 0 Å². The minimum Gasteiger partial charge on any atom is -0.456 e. The Labute approximate surface area is 345 Å². The van der Waals surface area contributed by atoms with E-state index in [0.29, 0.717) is 22.3 Å². The highest BCUT2D eigenvalue weighted by Gasteiger charge is 2.18. The molecule has 0 aliphatic heterocycles. The van der Waals surface area contributed by atoms with Crippen molar-refractivity contribution in [1.82, 2.24) is 19.5 Å². The van der Waals surface area contributed by atoms with Crippen molar-refractivity contribution >= 4 is 43.7 Å². The van der Waals surface area contributed by atoms with Crippen molar-refractivity contribution in [2.75, 3.05) is 0 Å². The summed E-state index contributed by atoms with van der Waals surface area (Å²) < 4.78 is 151. The van der Waals surface area contributed by atoms with Crippen LogP contribution in [0.4, 0.5) is 0 Å². The molecule has 0 radical (unpaired) electrons. The number of aromatic nitrogens is 4. The van der Waals surface area contributed by atoms with Crippen LogP contribution in [0.2, 0.25) is 0 Å². The third kappa shape index (κ3) is 5.45. The molecule has 3 heterocycles. The average Bonchev–Trinajstić information content (AvgIpc) is 3.95. The Hall–Kier alpha value is -7.63. The zero-order chi connectivity index (χ0) is 50.9. The van der Waals surface area contributed by atoms with Crippen LogP contribution in [0.5, 0.6) is 0 Å². The standard InChI is InChI=1S/C51H32N4O/c1-3-12-33(13-4-1)35-22-26-40(27-23-35)55-45-20-9-7-18-41(45)44-31-38(25-29-46(44)55)50-52-49(37-17-11-16-36(30-37)34-14-5-2-6-15-34)53-51(54-50)39-24-28-43-42-19-8-10-21-47(42)56-48(43)32-39/h1-32H/i1D,3D,4D,7D,9D,12D,13D,18D,20D,22D,23D,25D,26D,27D,29D,31D. The monoisotopic (exact) mass is 732 g/mol. The molecule has 0 atom stereocenters. The molecule has 0 saturated carbocycles. The van der Waals surface area contributed by atoms with Gasteiger partial charge in [-0.15, -0.1) is 0 Å². The lowest BCUT2D eigenvalue weighted by Crippen LogP contribution is -2.00. The normalized spacial score (nSPS) is 15.6. The summed E-state index contributed by atoms with van der Waals surface area (Å²) in [6.07, 6.45) is 0. The molecular formula is C51H32N4O. The molecule has 3 aromatic heterocycles. The summed E-state index contributed by atoms with van der Waals surface area (Å²) in [5.41, 5.74) is 0.792. The van der Waals surface area contributed by atoms with E-state index in [1.165, 1.54) is 0 Å². The van der Waals surface area contributed by atoms with Crippen LogP contribution in [0.3, 0.4) is 0 Å². The number of hydrogen-bond donors (Lipinski definition) is 0. The summed E-state index contributed by atoms with van der Waals surface area (Å²) in [5.74, 6) is -0.0284. The second-order valence-electron chi connectivity index (χ2n) is 12.8. The van der Waals surface area contributed by atoms with Gasteiger partial charge in [0.1, 0.15) is 11.2 Å². The number of hydrogen-bond acceptors (Lipinski definition) is 4. The van der Waals surface area contributed by atoms with E-state index in [-0.39, 0.29) is 33.8 Å². The first-order valence-corrected chi connectivity index (χ1v) is 17.5. The van der Waals surface area contributed by atoms with Gasteiger partial charge in [0.05, 0.1) is 33.0 Å². The maximum absolute atomic E-state index is 9.93. The van der Waals surface area contributed by atoms with Crippen LogP contribution >= 0.6 is 0 Å². The van der Waals surface area contributed by atoms with E-state index in [9.17, 15) is 9.60 Å². The summed E-state index contributed by atoms with van der Waals surface area (Å²) in [6.45, 7) is 0. The Balaban J connectivity index is 1.22. The maximum Gasteiger partial charge on any atom is 0.164 e. The molecule has 5 nitrogen and oxygen atoms in total. The molecule has 262 valence electrons. The second kappa shape index (κ2) is 13.0. The van der Waals surface area contributed by atoms with E-state index in [1.807, 2.05) is 78.9 Å². The number of benzene rings is 8. The third-order valence-electron chi connectivity index (χ3n) is 9.47. The SMILES string of the molecule is [2H]c1c([2H])c([2H])c(-c2c([2H])c([2H])c(-n3c4c([2H])c([2H])c([2H])c([2H])c4c4c([2H])c(-c5nc(-c6cccc(-c7ccccc7)c6)nc(-c6ccc7c(c6)oc6ccccc67)n5)c([2H])c([2H])c43)c([2H])c2[2H])c([2H])c1[2H]. The zero-order valence-corrected chi connectivity index (χ0v) is 28.9. The smallest absolute Gasteiger partial charge is 0.164 e. The van der Waals surface area contributed by atoms with Crippen molar-refractivity contribution in [2.45, 2.75) is 0 Å². The van der Waals surface area contributed by atoms with Crippen LogP contribution in [0.1, 0.15) is 21.9 Å². The van der Waals surface area contributed by atoms with Crippen molar-refractivity contribution in [1.29, 1.82) is 0 Å². The molecule has 0 aliphatic carbocycles. The van der Waals surface area contributed by atoms with Gasteiger partial charge < -0.3 is 8.98 Å². The topological polar surface area (TPSA) is 56.7 Å². The first kappa shape index (κ1) is 19.6. The Kier molecular flexibility index (Phi) is 4.57. The van der Waals surface area contributed by atoms with Crippen molar-refractivity contribution < 1.29 is 26.3 Å². The predicted octanol–water partition coefficient (Wildman–Crippen LogP) is 13.2. The van der Waals surface area contributed by atoms with E-state index in [4.69, 9.17) is 31.7 Å². The van der Waals surface area contributed by atoms with Crippen LogP contribution in [-0.2, 0) is 0 Å². The van der Waals surface area contributed by atoms with Gasteiger partial charge in [-0.3, -0.25) is 0 Å². The fourth-order valence-electron chi connectivity index (χ4n) is 6.85. The fourth-order valence-corrected chi connectivity index (χ4v) is 6.85. The number of rotatable bonds is 6. The summed E-state index contributed by atoms with van der Waals surface area (Å²) in [4.78, 5) is 14.6. The van der Waals surface area contributed by atoms with E-state index >= 15 is 0 Å². The lowest BCUT2D eigenvalue weighted by Gasteiger charge is -2.11. The van der Waals surface area contributed by atoms with Crippen LogP contribution < -0.4 is 0 Å². The Morgan fingerprint density at radius 1 is 0.393 bits per heavy atom. The lowest BCUT2D eigenvalue weighted by atomic mass is 10.0. The van der Waals surface area contributed by atoms with Crippen molar-refractivity contribution in [3.05, 3.63) is 194 Å². The van der Waals surface area contributed by atoms with Gasteiger partial charge in [-0.25, -0.2) is 15.0 Å². The van der Waals surface area contributed by atoms with Crippen molar-refractivity contribution in [3.8, 4) is 62.1 Å². The molecule has 56 heavy (non-hydrogen) atoms. The number of furan rings is 1. The van der Waals surface area contributed by atoms with Gasteiger partial charge in [0.15, 0.2) is 17.5 Å². The molecule has 0 spiro atoms. The molecule has 8 aromatic carbocycles. The van der Waals surface area contributed by atoms with Gasteiger partial charge in [0, 0.05) is 43.9 Å². The summed E-state index contributed by atoms with van der Waals surface area (Å²) in [6, 6.07) is 17.7. The van der Waals surface area contributed by atoms with E-state index in [2.05, 4.69) is 0 Å². The van der Waals surface area contributed by atoms with Crippen molar-refractivity contribution in [3.63, 3.8) is 0 Å². The average molecular weight is 733 g/mol. The van der Waals surface area contributed by atoms with Gasteiger partial charge in [0.25, 0.3) is 0 Å². The number of fused-ring (bicyclic) bond motifs is 6. The summed E-state index contributed by atoms with van der Waals surface area (Å²) in [7, 11) is 0. The van der Waals surface area contributed by atoms with Crippen molar-refractivity contribution in [2.24, 2.45) is 0 Å². The lowest BCUT2D eigenvalue weighted by molar-refractivity contribution is 0.669. The minimum absolute atomic E-state index is 0.0973. The highest BCUT2D eigenvalue weighted by molar-refractivity contribution is 6.10. The van der Waals surface area contributed by atoms with Crippen LogP contribution in [0, 0.1) is 0 Å². The van der Waals surface area contributed by atoms with Crippen LogP contribution in [0.25, 0.3) is 106 Å². The summed E-state index contributed by atoms with van der Waals surface area (Å²) >= 11 is 0. The molecule has 0 unspecified atom stereocenters. The molecule has 0 aliphatic rings. The third-order valence-corrected chi connectivity index (χ3v) is 9.47. The zero-order valence-electron chi connectivity index (χ0n) is 44.9. The number of para-hydroxylation sites is 2. The van der Waals surface area contributed by atoms with E-state index < -0.39 is 125 Å².